The van der Waals surface area contributed by atoms with Crippen molar-refractivity contribution in [2.24, 2.45) is 0 Å². The van der Waals surface area contributed by atoms with Crippen molar-refractivity contribution in [1.29, 1.82) is 5.26 Å². The molecule has 3 aromatic carbocycles. The number of halogens is 1. The van der Waals surface area contributed by atoms with Crippen LogP contribution in [-0.2, 0) is 6.54 Å². The van der Waals surface area contributed by atoms with Gasteiger partial charge in [-0.05, 0) is 30.7 Å². The van der Waals surface area contributed by atoms with E-state index in [4.69, 9.17) is 11.6 Å². The Labute approximate surface area is 169 Å². The average molecular weight is 383 g/mol. The summed E-state index contributed by atoms with van der Waals surface area (Å²) in [6.07, 6.45) is 1.96. The fourth-order valence-corrected chi connectivity index (χ4v) is 3.84. The highest BCUT2D eigenvalue weighted by Crippen LogP contribution is 2.32. The lowest BCUT2D eigenvalue weighted by Gasteiger charge is -2.09. The summed E-state index contributed by atoms with van der Waals surface area (Å²) >= 11 is 6.34. The first-order valence-electron chi connectivity index (χ1n) is 9.17. The van der Waals surface area contributed by atoms with Crippen LogP contribution in [0.15, 0.2) is 78.9 Å². The molecule has 0 spiro atoms. The number of rotatable bonds is 4. The van der Waals surface area contributed by atoms with E-state index in [1.807, 2.05) is 42.5 Å². The number of allylic oxidation sites excluding steroid dienone is 1. The second kappa shape index (κ2) is 7.76. The van der Waals surface area contributed by atoms with Gasteiger partial charge >= 0.3 is 0 Å². The van der Waals surface area contributed by atoms with Crippen molar-refractivity contribution in [2.45, 2.75) is 13.5 Å². The Balaban J connectivity index is 1.89. The molecule has 4 aromatic rings. The molecule has 28 heavy (non-hydrogen) atoms. The predicted molar refractivity (Wildman–Crippen MR) is 117 cm³/mol. The van der Waals surface area contributed by atoms with Crippen molar-refractivity contribution >= 4 is 34.2 Å². The second-order valence-electron chi connectivity index (χ2n) is 6.74. The molecule has 0 aliphatic heterocycles. The number of nitrogens with zero attached hydrogens (tertiary/aromatic N) is 2. The molecule has 136 valence electrons. The van der Waals surface area contributed by atoms with Gasteiger partial charge < -0.3 is 4.57 Å². The summed E-state index contributed by atoms with van der Waals surface area (Å²) in [5.74, 6) is 0. The smallest absolute Gasteiger partial charge is 0.0998 e. The van der Waals surface area contributed by atoms with Crippen molar-refractivity contribution in [3.05, 3.63) is 106 Å². The van der Waals surface area contributed by atoms with E-state index in [0.717, 1.165) is 34.3 Å². The van der Waals surface area contributed by atoms with Gasteiger partial charge in [-0.15, -0.1) is 0 Å². The van der Waals surface area contributed by atoms with Gasteiger partial charge in [-0.2, -0.15) is 5.26 Å². The number of hydrogen-bond donors (Lipinski definition) is 0. The van der Waals surface area contributed by atoms with Crippen LogP contribution in [0.25, 0.3) is 22.6 Å². The van der Waals surface area contributed by atoms with Gasteiger partial charge in [0.15, 0.2) is 0 Å². The van der Waals surface area contributed by atoms with Crippen LogP contribution < -0.4 is 0 Å². The van der Waals surface area contributed by atoms with E-state index in [1.54, 1.807) is 0 Å². The van der Waals surface area contributed by atoms with E-state index in [-0.39, 0.29) is 0 Å². The molecule has 4 rings (SSSR count). The molecule has 0 fully saturated rings. The second-order valence-corrected chi connectivity index (χ2v) is 7.14. The van der Waals surface area contributed by atoms with Crippen molar-refractivity contribution in [2.75, 3.05) is 0 Å². The number of para-hydroxylation sites is 1. The fraction of sp³-hybridized carbons (Fsp3) is 0.0800. The van der Waals surface area contributed by atoms with Crippen LogP contribution in [0.4, 0.5) is 0 Å². The zero-order valence-electron chi connectivity index (χ0n) is 15.6. The molecule has 1 heterocycles. The SMILES string of the molecule is Cc1c(C=C(C#N)c2ccccc2Cl)c2ccccc2n1Cc1ccccc1. The molecule has 0 unspecified atom stereocenters. The Morgan fingerprint density at radius 2 is 1.64 bits per heavy atom. The van der Waals surface area contributed by atoms with E-state index in [1.165, 1.54) is 5.56 Å². The van der Waals surface area contributed by atoms with Gasteiger partial charge in [-0.1, -0.05) is 78.3 Å². The van der Waals surface area contributed by atoms with E-state index < -0.39 is 0 Å². The van der Waals surface area contributed by atoms with Crippen LogP contribution in [-0.4, -0.2) is 4.57 Å². The van der Waals surface area contributed by atoms with E-state index in [0.29, 0.717) is 10.6 Å². The largest absolute Gasteiger partial charge is 0.340 e. The standard InChI is InChI=1S/C25H19ClN2/c1-18-23(15-20(16-27)21-11-5-7-13-24(21)26)22-12-6-8-14-25(22)28(18)17-19-9-3-2-4-10-19/h2-15H,17H2,1H3. The lowest BCUT2D eigenvalue weighted by molar-refractivity contribution is 0.804. The highest BCUT2D eigenvalue weighted by Gasteiger charge is 2.14. The molecule has 0 saturated heterocycles. The molecule has 0 atom stereocenters. The molecule has 0 N–H and O–H groups in total. The van der Waals surface area contributed by atoms with E-state index in [2.05, 4.69) is 60.0 Å². The van der Waals surface area contributed by atoms with Crippen LogP contribution >= 0.6 is 11.6 Å². The maximum Gasteiger partial charge on any atom is 0.0998 e. The highest BCUT2D eigenvalue weighted by atomic mass is 35.5. The zero-order chi connectivity index (χ0) is 19.5. The summed E-state index contributed by atoms with van der Waals surface area (Å²) < 4.78 is 2.30. The third-order valence-corrected chi connectivity index (χ3v) is 5.37. The quantitative estimate of drug-likeness (QED) is 0.360. The average Bonchev–Trinajstić information content (AvgIpc) is 2.99. The van der Waals surface area contributed by atoms with Gasteiger partial charge in [0.05, 0.1) is 11.6 Å². The van der Waals surface area contributed by atoms with Crippen molar-refractivity contribution in [3.8, 4) is 6.07 Å². The Bertz CT molecular complexity index is 1210. The number of fused-ring (bicyclic) bond motifs is 1. The van der Waals surface area contributed by atoms with E-state index >= 15 is 0 Å². The first kappa shape index (κ1) is 18.1. The molecule has 0 saturated carbocycles. The summed E-state index contributed by atoms with van der Waals surface area (Å²) in [7, 11) is 0. The Kier molecular flexibility index (Phi) is 5.02. The molecule has 0 radical (unpaired) electrons. The van der Waals surface area contributed by atoms with Gasteiger partial charge in [0.2, 0.25) is 0 Å². The Morgan fingerprint density at radius 1 is 0.964 bits per heavy atom. The number of hydrogen-bond acceptors (Lipinski definition) is 1. The number of benzene rings is 3. The topological polar surface area (TPSA) is 28.7 Å². The Morgan fingerprint density at radius 3 is 2.39 bits per heavy atom. The minimum Gasteiger partial charge on any atom is -0.340 e. The minimum atomic E-state index is 0.566. The van der Waals surface area contributed by atoms with Crippen molar-refractivity contribution in [1.82, 2.24) is 4.57 Å². The molecular weight excluding hydrogens is 364 g/mol. The molecule has 0 bridgehead atoms. The normalized spacial score (nSPS) is 11.5. The van der Waals surface area contributed by atoms with Crippen LogP contribution in [0.5, 0.6) is 0 Å². The van der Waals surface area contributed by atoms with Gasteiger partial charge in [-0.25, -0.2) is 0 Å². The first-order chi connectivity index (χ1) is 13.7. The highest BCUT2D eigenvalue weighted by molar-refractivity contribution is 6.32. The van der Waals surface area contributed by atoms with Crippen molar-refractivity contribution in [3.63, 3.8) is 0 Å². The maximum absolute atomic E-state index is 9.79. The molecule has 0 amide bonds. The van der Waals surface area contributed by atoms with Gasteiger partial charge in [0.1, 0.15) is 0 Å². The maximum atomic E-state index is 9.79. The van der Waals surface area contributed by atoms with Crippen molar-refractivity contribution < 1.29 is 0 Å². The third-order valence-electron chi connectivity index (χ3n) is 5.04. The summed E-state index contributed by atoms with van der Waals surface area (Å²) in [6.45, 7) is 2.89. The number of nitriles is 1. The molecule has 2 nitrogen and oxygen atoms in total. The lowest BCUT2D eigenvalue weighted by atomic mass is 10.0. The van der Waals surface area contributed by atoms with Gasteiger partial charge in [0, 0.05) is 39.3 Å². The zero-order valence-corrected chi connectivity index (χ0v) is 16.3. The minimum absolute atomic E-state index is 0.566. The van der Waals surface area contributed by atoms with Gasteiger partial charge in [-0.3, -0.25) is 0 Å². The molecule has 0 aliphatic carbocycles. The van der Waals surface area contributed by atoms with Crippen LogP contribution in [0.3, 0.4) is 0 Å². The Hall–Kier alpha value is -3.28. The molecule has 1 aromatic heterocycles. The summed E-state index contributed by atoms with van der Waals surface area (Å²) in [5.41, 5.74) is 5.91. The van der Waals surface area contributed by atoms with Crippen LogP contribution in [0, 0.1) is 18.3 Å². The molecule has 0 aliphatic rings. The summed E-state index contributed by atoms with van der Waals surface area (Å²) in [5, 5.41) is 11.5. The molecular formula is C25H19ClN2. The van der Waals surface area contributed by atoms with Crippen LogP contribution in [0.1, 0.15) is 22.4 Å². The summed E-state index contributed by atoms with van der Waals surface area (Å²) in [4.78, 5) is 0. The number of aromatic nitrogens is 1. The summed E-state index contributed by atoms with van der Waals surface area (Å²) in [6, 6.07) is 28.5. The lowest BCUT2D eigenvalue weighted by Crippen LogP contribution is -2.01. The predicted octanol–water partition coefficient (Wildman–Crippen LogP) is 6.72. The van der Waals surface area contributed by atoms with E-state index in [9.17, 15) is 5.26 Å². The van der Waals surface area contributed by atoms with Crippen LogP contribution in [0.2, 0.25) is 5.02 Å². The van der Waals surface area contributed by atoms with Gasteiger partial charge in [0.25, 0.3) is 0 Å². The monoisotopic (exact) mass is 382 g/mol. The third kappa shape index (κ3) is 3.33. The fourth-order valence-electron chi connectivity index (χ4n) is 3.60. The molecule has 3 heteroatoms. The first-order valence-corrected chi connectivity index (χ1v) is 9.55.